The van der Waals surface area contributed by atoms with E-state index in [-0.39, 0.29) is 23.8 Å². The first-order valence-corrected chi connectivity index (χ1v) is 11.1. The van der Waals surface area contributed by atoms with Gasteiger partial charge < -0.3 is 16.8 Å². The van der Waals surface area contributed by atoms with E-state index >= 15 is 0 Å². The number of carbonyl (C=O) groups excluding carboxylic acids is 1. The fourth-order valence-corrected chi connectivity index (χ4v) is 4.39. The topological polar surface area (TPSA) is 157 Å². The van der Waals surface area contributed by atoms with Crippen LogP contribution >= 0.6 is 0 Å². The van der Waals surface area contributed by atoms with Crippen LogP contribution in [0.4, 0.5) is 20.3 Å². The van der Waals surface area contributed by atoms with Crippen LogP contribution in [0.1, 0.15) is 42.5 Å². The first-order valence-electron chi connectivity index (χ1n) is 9.51. The highest BCUT2D eigenvalue weighted by atomic mass is 32.2. The van der Waals surface area contributed by atoms with Crippen LogP contribution in [0.2, 0.25) is 0 Å². The van der Waals surface area contributed by atoms with E-state index in [0.717, 1.165) is 12.1 Å². The van der Waals surface area contributed by atoms with E-state index in [9.17, 15) is 27.3 Å². The molecule has 0 aliphatic heterocycles. The third kappa shape index (κ3) is 4.52. The summed E-state index contributed by atoms with van der Waals surface area (Å²) < 4.78 is 50.1. The highest BCUT2D eigenvalue weighted by molar-refractivity contribution is 7.91. The van der Waals surface area contributed by atoms with Crippen molar-refractivity contribution in [2.45, 2.75) is 54.3 Å². The zero-order valence-corrected chi connectivity index (χ0v) is 17.3. The molecule has 1 fully saturated rings. The number of primary amides is 1. The maximum absolute atomic E-state index is 12.7. The second-order valence-electron chi connectivity index (χ2n) is 7.55. The molecule has 3 rings (SSSR count). The van der Waals surface area contributed by atoms with Crippen molar-refractivity contribution in [2.24, 2.45) is 11.5 Å². The van der Waals surface area contributed by atoms with Crippen LogP contribution in [0.3, 0.4) is 0 Å². The van der Waals surface area contributed by atoms with Gasteiger partial charge in [0.2, 0.25) is 9.84 Å². The van der Waals surface area contributed by atoms with Gasteiger partial charge in [-0.15, -0.1) is 0 Å². The number of hydrogen-bond donors (Lipinski definition) is 3. The Morgan fingerprint density at radius 1 is 1.32 bits per heavy atom. The Morgan fingerprint density at radius 3 is 2.45 bits per heavy atom. The van der Waals surface area contributed by atoms with Crippen LogP contribution in [0.25, 0.3) is 0 Å². The number of anilines is 2. The van der Waals surface area contributed by atoms with Crippen molar-refractivity contribution in [3.8, 4) is 6.07 Å². The van der Waals surface area contributed by atoms with E-state index in [4.69, 9.17) is 11.5 Å². The van der Waals surface area contributed by atoms with Gasteiger partial charge >= 0.3 is 5.76 Å². The van der Waals surface area contributed by atoms with E-state index in [1.807, 2.05) is 0 Å². The molecule has 1 heterocycles. The van der Waals surface area contributed by atoms with Gasteiger partial charge in [0.15, 0.2) is 5.82 Å². The summed E-state index contributed by atoms with van der Waals surface area (Å²) in [5.41, 5.74) is 11.3. The SMILES string of the molecule is N#CC[C@]1(n2cc(C(N)=O)c(Nc3ccc(S(=O)(=O)C(F)F)cc3)n2)CC[C@@H](N)CC1. The lowest BCUT2D eigenvalue weighted by Gasteiger charge is -2.38. The molecule has 0 unspecified atom stereocenters. The Balaban J connectivity index is 1.93. The average Bonchev–Trinajstić information content (AvgIpc) is 3.15. The number of nitrogens with one attached hydrogen (secondary N) is 1. The third-order valence-electron chi connectivity index (χ3n) is 5.51. The molecule has 0 atom stereocenters. The number of benzene rings is 1. The number of sulfone groups is 1. The standard InChI is InChI=1S/C19H22F2N6O3S/c20-18(21)31(29,30)14-3-1-13(2-4-14)25-17-15(16(24)28)11-27(26-17)19(9-10-22)7-5-12(23)6-8-19/h1-4,11-12,18H,5-9,23H2,(H2,24,28)(H,25,26)/t12-,19+. The average molecular weight is 452 g/mol. The van der Waals surface area contributed by atoms with Crippen molar-refractivity contribution in [1.82, 2.24) is 9.78 Å². The lowest BCUT2D eigenvalue weighted by Crippen LogP contribution is -2.41. The van der Waals surface area contributed by atoms with E-state index in [1.165, 1.54) is 18.3 Å². The molecule has 0 radical (unpaired) electrons. The van der Waals surface area contributed by atoms with Gasteiger partial charge in [-0.25, -0.2) is 8.42 Å². The molecule has 9 nitrogen and oxygen atoms in total. The summed E-state index contributed by atoms with van der Waals surface area (Å²) in [6, 6.07) is 6.84. The van der Waals surface area contributed by atoms with Crippen molar-refractivity contribution >= 4 is 27.2 Å². The molecule has 1 aromatic carbocycles. The number of alkyl halides is 2. The fraction of sp³-hybridized carbons (Fsp3) is 0.421. The van der Waals surface area contributed by atoms with Crippen LogP contribution in [0.15, 0.2) is 35.4 Å². The predicted octanol–water partition coefficient (Wildman–Crippen LogP) is 2.23. The highest BCUT2D eigenvalue weighted by Crippen LogP contribution is 2.38. The smallest absolute Gasteiger partial charge is 0.341 e. The molecule has 0 spiro atoms. The minimum absolute atomic E-state index is 0.0404. The molecule has 1 aliphatic rings. The summed E-state index contributed by atoms with van der Waals surface area (Å²) in [7, 11) is -4.71. The van der Waals surface area contributed by atoms with E-state index in [1.54, 1.807) is 4.68 Å². The quantitative estimate of drug-likeness (QED) is 0.581. The minimum Gasteiger partial charge on any atom is -0.365 e. The number of amides is 1. The monoisotopic (exact) mass is 452 g/mol. The highest BCUT2D eigenvalue weighted by Gasteiger charge is 2.38. The van der Waals surface area contributed by atoms with Crippen molar-refractivity contribution in [3.63, 3.8) is 0 Å². The molecule has 5 N–H and O–H groups in total. The first kappa shape index (κ1) is 22.6. The van der Waals surface area contributed by atoms with Gasteiger partial charge in [0.05, 0.1) is 22.9 Å². The number of nitriles is 1. The Kier molecular flexibility index (Phi) is 6.28. The molecule has 12 heteroatoms. The van der Waals surface area contributed by atoms with Gasteiger partial charge in [-0.3, -0.25) is 9.48 Å². The van der Waals surface area contributed by atoms with Crippen LogP contribution in [-0.2, 0) is 15.4 Å². The maximum atomic E-state index is 12.7. The summed E-state index contributed by atoms with van der Waals surface area (Å²) in [5, 5.41) is 16.6. The second kappa shape index (κ2) is 8.60. The molecule has 166 valence electrons. The van der Waals surface area contributed by atoms with Gasteiger partial charge in [-0.2, -0.15) is 19.1 Å². The van der Waals surface area contributed by atoms with Crippen molar-refractivity contribution in [2.75, 3.05) is 5.32 Å². The van der Waals surface area contributed by atoms with E-state index in [0.29, 0.717) is 31.4 Å². The van der Waals surface area contributed by atoms with Crippen LogP contribution in [0.5, 0.6) is 0 Å². The molecular weight excluding hydrogens is 430 g/mol. The Morgan fingerprint density at radius 2 is 1.94 bits per heavy atom. The second-order valence-corrected chi connectivity index (χ2v) is 9.47. The van der Waals surface area contributed by atoms with Gasteiger partial charge in [-0.05, 0) is 49.9 Å². The number of halogens is 2. The maximum Gasteiger partial charge on any atom is 0.341 e. The lowest BCUT2D eigenvalue weighted by molar-refractivity contribution is 0.1000. The number of nitrogens with two attached hydrogens (primary N) is 2. The zero-order chi connectivity index (χ0) is 22.8. The predicted molar refractivity (Wildman–Crippen MR) is 108 cm³/mol. The molecule has 1 aromatic heterocycles. The van der Waals surface area contributed by atoms with E-state index < -0.39 is 31.9 Å². The lowest BCUT2D eigenvalue weighted by atomic mass is 9.78. The van der Waals surface area contributed by atoms with Gasteiger partial charge in [0.1, 0.15) is 5.56 Å². The number of rotatable bonds is 7. The molecule has 31 heavy (non-hydrogen) atoms. The normalized spacial score (nSPS) is 21.6. The summed E-state index contributed by atoms with van der Waals surface area (Å²) >= 11 is 0. The van der Waals surface area contributed by atoms with Crippen LogP contribution in [0, 0.1) is 11.3 Å². The van der Waals surface area contributed by atoms with E-state index in [2.05, 4.69) is 16.5 Å². The fourth-order valence-electron chi connectivity index (χ4n) is 3.67. The molecule has 1 aliphatic carbocycles. The number of aromatic nitrogens is 2. The number of nitrogens with zero attached hydrogens (tertiary/aromatic N) is 3. The Labute approximate surface area is 177 Å². The van der Waals surface area contributed by atoms with Gasteiger partial charge in [0, 0.05) is 17.9 Å². The molecule has 0 bridgehead atoms. The number of hydrogen-bond acceptors (Lipinski definition) is 7. The van der Waals surface area contributed by atoms with Crippen molar-refractivity contribution in [3.05, 3.63) is 36.0 Å². The molecule has 1 amide bonds. The van der Waals surface area contributed by atoms with Crippen molar-refractivity contribution < 1.29 is 22.0 Å². The summed E-state index contributed by atoms with van der Waals surface area (Å²) in [6.45, 7) is 0. The Hall–Kier alpha value is -3.04. The molecule has 1 saturated carbocycles. The Bertz CT molecular complexity index is 1100. The van der Waals surface area contributed by atoms with Crippen LogP contribution in [-0.4, -0.2) is 35.9 Å². The summed E-state index contributed by atoms with van der Waals surface area (Å²) in [6.07, 6.45) is 4.29. The third-order valence-corrected chi connectivity index (χ3v) is 6.91. The molecule has 0 saturated heterocycles. The molecular formula is C19H22F2N6O3S. The van der Waals surface area contributed by atoms with Gasteiger partial charge in [-0.1, -0.05) is 0 Å². The minimum atomic E-state index is -4.71. The van der Waals surface area contributed by atoms with Gasteiger partial charge in [0.25, 0.3) is 5.91 Å². The molecule has 2 aromatic rings. The number of carbonyl (C=O) groups is 1. The largest absolute Gasteiger partial charge is 0.365 e. The summed E-state index contributed by atoms with van der Waals surface area (Å²) in [5.74, 6) is -4.15. The first-order chi connectivity index (χ1) is 14.6. The van der Waals surface area contributed by atoms with Crippen molar-refractivity contribution in [1.29, 1.82) is 5.26 Å². The zero-order valence-electron chi connectivity index (χ0n) is 16.5. The summed E-state index contributed by atoms with van der Waals surface area (Å²) in [4.78, 5) is 11.4. The van der Waals surface area contributed by atoms with Crippen LogP contribution < -0.4 is 16.8 Å².